The molecule has 0 aliphatic carbocycles. The molecule has 0 atom stereocenters. The number of ether oxygens (including phenoxy) is 2. The Kier molecular flexibility index (Phi) is 6.80. The standard InChI is InChI=1S/C21H22N4O5S2/c1-29-18-6-5-15(12-19(18)32(27,28)25-8-10-30-11-9-25)13-20(26)24-21-23-17(14-31-21)16-4-2-3-7-22-16/h2-7,12,14H,8-11,13H2,1H3,(H,23,24,26). The molecular formula is C21H22N4O5S2. The van der Waals surface area contributed by atoms with Crippen molar-refractivity contribution in [3.63, 3.8) is 0 Å². The largest absolute Gasteiger partial charge is 0.495 e. The summed E-state index contributed by atoms with van der Waals surface area (Å²) in [6.45, 7) is 1.24. The number of carbonyl (C=O) groups is 1. The molecule has 1 aromatic carbocycles. The second kappa shape index (κ2) is 9.74. The van der Waals surface area contributed by atoms with Crippen molar-refractivity contribution in [3.05, 3.63) is 53.5 Å². The molecule has 3 heterocycles. The molecule has 1 saturated heterocycles. The van der Waals surface area contributed by atoms with Gasteiger partial charge in [-0.3, -0.25) is 9.78 Å². The van der Waals surface area contributed by atoms with E-state index in [1.807, 2.05) is 23.6 Å². The molecule has 9 nitrogen and oxygen atoms in total. The van der Waals surface area contributed by atoms with Gasteiger partial charge in [-0.2, -0.15) is 4.31 Å². The van der Waals surface area contributed by atoms with E-state index in [0.29, 0.717) is 29.6 Å². The zero-order chi connectivity index (χ0) is 22.6. The van der Waals surface area contributed by atoms with Gasteiger partial charge in [0.25, 0.3) is 0 Å². The Hall–Kier alpha value is -2.86. The lowest BCUT2D eigenvalue weighted by Crippen LogP contribution is -2.40. The van der Waals surface area contributed by atoms with Crippen molar-refractivity contribution in [1.29, 1.82) is 0 Å². The second-order valence-electron chi connectivity index (χ2n) is 6.98. The Morgan fingerprint density at radius 1 is 1.22 bits per heavy atom. The monoisotopic (exact) mass is 474 g/mol. The molecule has 32 heavy (non-hydrogen) atoms. The first-order chi connectivity index (χ1) is 15.5. The summed E-state index contributed by atoms with van der Waals surface area (Å²) in [6.07, 6.45) is 1.67. The van der Waals surface area contributed by atoms with Crippen LogP contribution in [0.1, 0.15) is 5.56 Å². The molecular weight excluding hydrogens is 452 g/mol. The number of thiazole rings is 1. The molecule has 1 fully saturated rings. The SMILES string of the molecule is COc1ccc(CC(=O)Nc2nc(-c3ccccn3)cs2)cc1S(=O)(=O)N1CCOCC1. The summed E-state index contributed by atoms with van der Waals surface area (Å²) in [4.78, 5) is 21.3. The van der Waals surface area contributed by atoms with Crippen LogP contribution in [0.5, 0.6) is 5.75 Å². The first-order valence-electron chi connectivity index (χ1n) is 9.89. The highest BCUT2D eigenvalue weighted by atomic mass is 32.2. The third kappa shape index (κ3) is 4.96. The average molecular weight is 475 g/mol. The van der Waals surface area contributed by atoms with Crippen LogP contribution in [0.2, 0.25) is 0 Å². The van der Waals surface area contributed by atoms with E-state index < -0.39 is 10.0 Å². The van der Waals surface area contributed by atoms with Crippen molar-refractivity contribution in [2.45, 2.75) is 11.3 Å². The topological polar surface area (TPSA) is 111 Å². The maximum absolute atomic E-state index is 13.1. The Morgan fingerprint density at radius 3 is 2.75 bits per heavy atom. The number of sulfonamides is 1. The van der Waals surface area contributed by atoms with E-state index in [-0.39, 0.29) is 36.1 Å². The maximum atomic E-state index is 13.1. The first kappa shape index (κ1) is 22.3. The van der Waals surface area contributed by atoms with Gasteiger partial charge >= 0.3 is 0 Å². The van der Waals surface area contributed by atoms with E-state index in [1.165, 1.54) is 28.8 Å². The number of anilines is 1. The highest BCUT2D eigenvalue weighted by Gasteiger charge is 2.29. The minimum atomic E-state index is -3.77. The molecule has 11 heteroatoms. The summed E-state index contributed by atoms with van der Waals surface area (Å²) in [7, 11) is -2.35. The summed E-state index contributed by atoms with van der Waals surface area (Å²) in [5.41, 5.74) is 1.95. The minimum absolute atomic E-state index is 0.00583. The van der Waals surface area contributed by atoms with E-state index in [1.54, 1.807) is 18.3 Å². The molecule has 1 aliphatic rings. The molecule has 1 aliphatic heterocycles. The van der Waals surface area contributed by atoms with Gasteiger partial charge in [0, 0.05) is 24.7 Å². The average Bonchev–Trinajstić information content (AvgIpc) is 3.28. The molecule has 0 unspecified atom stereocenters. The van der Waals surface area contributed by atoms with Crippen LogP contribution in [0.4, 0.5) is 5.13 Å². The number of amides is 1. The Balaban J connectivity index is 1.49. The molecule has 2 aromatic heterocycles. The zero-order valence-corrected chi connectivity index (χ0v) is 19.0. The lowest BCUT2D eigenvalue weighted by Gasteiger charge is -2.26. The highest BCUT2D eigenvalue weighted by Crippen LogP contribution is 2.29. The van der Waals surface area contributed by atoms with E-state index in [2.05, 4.69) is 15.3 Å². The fourth-order valence-electron chi connectivity index (χ4n) is 3.27. The van der Waals surface area contributed by atoms with Crippen LogP contribution in [0, 0.1) is 0 Å². The fourth-order valence-corrected chi connectivity index (χ4v) is 5.61. The summed E-state index contributed by atoms with van der Waals surface area (Å²) >= 11 is 1.30. The van der Waals surface area contributed by atoms with Gasteiger partial charge < -0.3 is 14.8 Å². The fraction of sp³-hybridized carbons (Fsp3) is 0.286. The van der Waals surface area contributed by atoms with Crippen LogP contribution in [-0.4, -0.2) is 62.0 Å². The minimum Gasteiger partial charge on any atom is -0.495 e. The lowest BCUT2D eigenvalue weighted by atomic mass is 10.1. The van der Waals surface area contributed by atoms with E-state index in [4.69, 9.17) is 9.47 Å². The van der Waals surface area contributed by atoms with Gasteiger partial charge in [0.15, 0.2) is 5.13 Å². The van der Waals surface area contributed by atoms with Crippen molar-refractivity contribution in [3.8, 4) is 17.1 Å². The summed E-state index contributed by atoms with van der Waals surface area (Å²) in [5.74, 6) is -0.0626. The molecule has 1 N–H and O–H groups in total. The number of carbonyl (C=O) groups excluding carboxylic acids is 1. The Labute approximate surface area is 190 Å². The molecule has 4 rings (SSSR count). The van der Waals surface area contributed by atoms with Crippen molar-refractivity contribution < 1.29 is 22.7 Å². The van der Waals surface area contributed by atoms with Crippen molar-refractivity contribution in [2.24, 2.45) is 0 Å². The third-order valence-electron chi connectivity index (χ3n) is 4.86. The molecule has 0 radical (unpaired) electrons. The van der Waals surface area contributed by atoms with Crippen LogP contribution >= 0.6 is 11.3 Å². The van der Waals surface area contributed by atoms with Gasteiger partial charge in [-0.25, -0.2) is 13.4 Å². The Bertz CT molecular complexity index is 1190. The van der Waals surface area contributed by atoms with Crippen LogP contribution in [-0.2, 0) is 26.0 Å². The van der Waals surface area contributed by atoms with Gasteiger partial charge in [-0.1, -0.05) is 12.1 Å². The number of pyridine rings is 1. The van der Waals surface area contributed by atoms with Crippen molar-refractivity contribution in [1.82, 2.24) is 14.3 Å². The van der Waals surface area contributed by atoms with Crippen LogP contribution < -0.4 is 10.1 Å². The van der Waals surface area contributed by atoms with E-state index in [0.717, 1.165) is 5.69 Å². The molecule has 0 bridgehead atoms. The molecule has 168 valence electrons. The zero-order valence-electron chi connectivity index (χ0n) is 17.4. The number of rotatable bonds is 7. The van der Waals surface area contributed by atoms with Gasteiger partial charge in [-0.15, -0.1) is 11.3 Å². The number of benzene rings is 1. The number of aromatic nitrogens is 2. The maximum Gasteiger partial charge on any atom is 0.246 e. The number of methoxy groups -OCH3 is 1. The second-order valence-corrected chi connectivity index (χ2v) is 9.74. The number of morpholine rings is 1. The molecule has 0 saturated carbocycles. The van der Waals surface area contributed by atoms with Crippen molar-refractivity contribution in [2.75, 3.05) is 38.7 Å². The smallest absolute Gasteiger partial charge is 0.246 e. The normalized spacial score (nSPS) is 14.8. The Morgan fingerprint density at radius 2 is 2.03 bits per heavy atom. The summed E-state index contributed by atoms with van der Waals surface area (Å²) in [5, 5.41) is 5.03. The third-order valence-corrected chi connectivity index (χ3v) is 7.54. The predicted molar refractivity (Wildman–Crippen MR) is 120 cm³/mol. The van der Waals surface area contributed by atoms with Gasteiger partial charge in [0.2, 0.25) is 15.9 Å². The van der Waals surface area contributed by atoms with Crippen LogP contribution in [0.3, 0.4) is 0 Å². The molecule has 0 spiro atoms. The van der Waals surface area contributed by atoms with Gasteiger partial charge in [0.05, 0.1) is 32.4 Å². The number of nitrogens with one attached hydrogen (secondary N) is 1. The number of hydrogen-bond acceptors (Lipinski definition) is 8. The van der Waals surface area contributed by atoms with Crippen molar-refractivity contribution >= 4 is 32.4 Å². The van der Waals surface area contributed by atoms with E-state index in [9.17, 15) is 13.2 Å². The first-order valence-corrected chi connectivity index (χ1v) is 12.2. The number of hydrogen-bond donors (Lipinski definition) is 1. The summed E-state index contributed by atoms with van der Waals surface area (Å²) < 4.78 is 38.1. The predicted octanol–water partition coefficient (Wildman–Crippen LogP) is 2.42. The molecule has 3 aromatic rings. The highest BCUT2D eigenvalue weighted by molar-refractivity contribution is 7.89. The van der Waals surface area contributed by atoms with Gasteiger partial charge in [0.1, 0.15) is 16.3 Å². The van der Waals surface area contributed by atoms with Crippen LogP contribution in [0.25, 0.3) is 11.4 Å². The quantitative estimate of drug-likeness (QED) is 0.560. The van der Waals surface area contributed by atoms with E-state index >= 15 is 0 Å². The number of nitrogens with zero attached hydrogens (tertiary/aromatic N) is 3. The van der Waals surface area contributed by atoms with Crippen LogP contribution in [0.15, 0.2) is 52.9 Å². The summed E-state index contributed by atoms with van der Waals surface area (Å²) in [6, 6.07) is 10.3. The lowest BCUT2D eigenvalue weighted by molar-refractivity contribution is -0.115. The molecule has 1 amide bonds. The van der Waals surface area contributed by atoms with Gasteiger partial charge in [-0.05, 0) is 29.8 Å².